The fourth-order valence-electron chi connectivity index (χ4n) is 2.70. The molecule has 1 fully saturated rings. The van der Waals surface area contributed by atoms with E-state index in [1.54, 1.807) is 0 Å². The van der Waals surface area contributed by atoms with Crippen molar-refractivity contribution in [3.63, 3.8) is 0 Å². The Hall–Kier alpha value is -1.32. The number of rotatable bonds is 1. The molecular formula is C15H18ClN3. The summed E-state index contributed by atoms with van der Waals surface area (Å²) in [6.07, 6.45) is 0. The van der Waals surface area contributed by atoms with Gasteiger partial charge in [-0.1, -0.05) is 29.8 Å². The summed E-state index contributed by atoms with van der Waals surface area (Å²) in [6.45, 7) is 8.08. The normalized spacial score (nSPS) is 16.1. The molecule has 0 atom stereocenters. The van der Waals surface area contributed by atoms with Crippen LogP contribution in [0.5, 0.6) is 0 Å². The Morgan fingerprint density at radius 3 is 2.68 bits per heavy atom. The zero-order chi connectivity index (χ0) is 13.4. The molecule has 0 bridgehead atoms. The van der Waals surface area contributed by atoms with Crippen molar-refractivity contribution in [2.24, 2.45) is 0 Å². The predicted octanol–water partition coefficient (Wildman–Crippen LogP) is 2.91. The summed E-state index contributed by atoms with van der Waals surface area (Å²) in [7, 11) is 0. The summed E-state index contributed by atoms with van der Waals surface area (Å²) in [6, 6.07) is 6.30. The van der Waals surface area contributed by atoms with E-state index >= 15 is 0 Å². The average molecular weight is 276 g/mol. The number of anilines is 1. The first kappa shape index (κ1) is 12.7. The largest absolute Gasteiger partial charge is 0.367 e. The molecule has 1 aromatic heterocycles. The lowest BCUT2D eigenvalue weighted by molar-refractivity contribution is 0.590. The number of benzene rings is 1. The van der Waals surface area contributed by atoms with Gasteiger partial charge in [-0.25, -0.2) is 0 Å². The van der Waals surface area contributed by atoms with Crippen molar-refractivity contribution >= 4 is 28.2 Å². The molecule has 100 valence electrons. The second-order valence-electron chi connectivity index (χ2n) is 5.07. The highest BCUT2D eigenvalue weighted by atomic mass is 35.5. The van der Waals surface area contributed by atoms with Gasteiger partial charge in [0.25, 0.3) is 0 Å². The third-order valence-electron chi connectivity index (χ3n) is 3.73. The summed E-state index contributed by atoms with van der Waals surface area (Å²) < 4.78 is 0. The zero-order valence-electron chi connectivity index (χ0n) is 11.3. The number of fused-ring (bicyclic) bond motifs is 1. The third kappa shape index (κ3) is 2.17. The van der Waals surface area contributed by atoms with Crippen molar-refractivity contribution < 1.29 is 0 Å². The van der Waals surface area contributed by atoms with Crippen molar-refractivity contribution in [3.8, 4) is 0 Å². The zero-order valence-corrected chi connectivity index (χ0v) is 12.1. The quantitative estimate of drug-likeness (QED) is 0.867. The number of hydrogen-bond donors (Lipinski definition) is 1. The summed E-state index contributed by atoms with van der Waals surface area (Å²) in [5.74, 6) is 0. The summed E-state index contributed by atoms with van der Waals surface area (Å²) in [5.41, 5.74) is 4.33. The predicted molar refractivity (Wildman–Crippen MR) is 81.3 cm³/mol. The summed E-state index contributed by atoms with van der Waals surface area (Å²) in [5, 5.41) is 5.33. The van der Waals surface area contributed by atoms with Crippen LogP contribution in [0.3, 0.4) is 0 Å². The van der Waals surface area contributed by atoms with Crippen LogP contribution < -0.4 is 10.2 Å². The van der Waals surface area contributed by atoms with Crippen LogP contribution in [0.2, 0.25) is 5.02 Å². The number of aromatic nitrogens is 1. The molecule has 1 aromatic carbocycles. The van der Waals surface area contributed by atoms with Crippen LogP contribution in [0.4, 0.5) is 5.69 Å². The van der Waals surface area contributed by atoms with E-state index in [4.69, 9.17) is 11.6 Å². The number of halogens is 1. The van der Waals surface area contributed by atoms with E-state index in [0.717, 1.165) is 53.5 Å². The Balaban J connectivity index is 2.25. The maximum atomic E-state index is 6.53. The van der Waals surface area contributed by atoms with E-state index in [0.29, 0.717) is 0 Å². The third-order valence-corrected chi connectivity index (χ3v) is 4.18. The standard InChI is InChI=1S/C15H18ClN3/c1-10-4-3-5-12-14(10)18-11(2)13(16)15(12)19-8-6-17-7-9-19/h3-5,17H,6-9H2,1-2H3. The number of nitrogens with one attached hydrogen (secondary N) is 1. The second-order valence-corrected chi connectivity index (χ2v) is 5.45. The van der Waals surface area contributed by atoms with E-state index in [-0.39, 0.29) is 0 Å². The van der Waals surface area contributed by atoms with Gasteiger partial charge in [0.05, 0.1) is 21.9 Å². The van der Waals surface area contributed by atoms with Crippen LogP contribution >= 0.6 is 11.6 Å². The Morgan fingerprint density at radius 2 is 1.95 bits per heavy atom. The maximum absolute atomic E-state index is 6.53. The lowest BCUT2D eigenvalue weighted by Crippen LogP contribution is -2.43. The second kappa shape index (κ2) is 4.99. The highest BCUT2D eigenvalue weighted by molar-refractivity contribution is 6.35. The molecule has 1 aliphatic heterocycles. The van der Waals surface area contributed by atoms with Crippen molar-refractivity contribution in [2.45, 2.75) is 13.8 Å². The van der Waals surface area contributed by atoms with Gasteiger partial charge in [-0.15, -0.1) is 0 Å². The van der Waals surface area contributed by atoms with Crippen molar-refractivity contribution in [2.75, 3.05) is 31.1 Å². The lowest BCUT2D eigenvalue weighted by Gasteiger charge is -2.31. The first-order valence-corrected chi connectivity index (χ1v) is 7.07. The molecule has 1 aliphatic rings. The minimum atomic E-state index is 0.792. The average Bonchev–Trinajstić information content (AvgIpc) is 2.42. The number of nitrogens with zero attached hydrogens (tertiary/aromatic N) is 2. The molecule has 4 heteroatoms. The molecule has 0 aliphatic carbocycles. The van der Waals surface area contributed by atoms with Crippen LogP contribution in [0, 0.1) is 13.8 Å². The Bertz CT molecular complexity index is 618. The van der Waals surface area contributed by atoms with Gasteiger partial charge in [-0.2, -0.15) is 0 Å². The Labute approximate surface area is 118 Å². The molecule has 0 unspecified atom stereocenters. The van der Waals surface area contributed by atoms with Crippen LogP contribution in [-0.4, -0.2) is 31.2 Å². The molecule has 0 spiro atoms. The van der Waals surface area contributed by atoms with Crippen LogP contribution in [-0.2, 0) is 0 Å². The molecule has 0 radical (unpaired) electrons. The molecule has 2 heterocycles. The molecular weight excluding hydrogens is 258 g/mol. The fourth-order valence-corrected chi connectivity index (χ4v) is 2.97. The minimum Gasteiger partial charge on any atom is -0.367 e. The van der Waals surface area contributed by atoms with Crippen LogP contribution in [0.1, 0.15) is 11.3 Å². The van der Waals surface area contributed by atoms with Gasteiger partial charge >= 0.3 is 0 Å². The van der Waals surface area contributed by atoms with Crippen molar-refractivity contribution in [1.29, 1.82) is 0 Å². The Kier molecular flexibility index (Phi) is 3.33. The van der Waals surface area contributed by atoms with E-state index in [9.17, 15) is 0 Å². The number of pyridine rings is 1. The monoisotopic (exact) mass is 275 g/mol. The summed E-state index contributed by atoms with van der Waals surface area (Å²) in [4.78, 5) is 7.03. The Morgan fingerprint density at radius 1 is 1.21 bits per heavy atom. The maximum Gasteiger partial charge on any atom is 0.0858 e. The first-order valence-electron chi connectivity index (χ1n) is 6.69. The molecule has 1 N–H and O–H groups in total. The van der Waals surface area contributed by atoms with Gasteiger partial charge in [0.1, 0.15) is 0 Å². The highest BCUT2D eigenvalue weighted by Crippen LogP contribution is 2.36. The number of para-hydroxylation sites is 1. The van der Waals surface area contributed by atoms with Gasteiger partial charge in [0.2, 0.25) is 0 Å². The van der Waals surface area contributed by atoms with Gasteiger partial charge in [0, 0.05) is 31.6 Å². The number of hydrogen-bond acceptors (Lipinski definition) is 3. The van der Waals surface area contributed by atoms with Gasteiger partial charge in [0.15, 0.2) is 0 Å². The molecule has 0 saturated carbocycles. The number of aryl methyl sites for hydroxylation is 2. The molecule has 2 aromatic rings. The van der Waals surface area contributed by atoms with Crippen LogP contribution in [0.15, 0.2) is 18.2 Å². The lowest BCUT2D eigenvalue weighted by atomic mass is 10.1. The highest BCUT2D eigenvalue weighted by Gasteiger charge is 2.19. The molecule has 3 nitrogen and oxygen atoms in total. The SMILES string of the molecule is Cc1nc2c(C)cccc2c(N2CCNCC2)c1Cl. The topological polar surface area (TPSA) is 28.2 Å². The van der Waals surface area contributed by atoms with Crippen molar-refractivity contribution in [3.05, 3.63) is 34.5 Å². The molecule has 1 saturated heterocycles. The van der Waals surface area contributed by atoms with E-state index in [1.165, 1.54) is 5.56 Å². The number of piperazine rings is 1. The molecule has 19 heavy (non-hydrogen) atoms. The van der Waals surface area contributed by atoms with Crippen LogP contribution in [0.25, 0.3) is 10.9 Å². The first-order chi connectivity index (χ1) is 9.18. The van der Waals surface area contributed by atoms with E-state index in [2.05, 4.69) is 40.3 Å². The van der Waals surface area contributed by atoms with Gasteiger partial charge < -0.3 is 10.2 Å². The molecule has 3 rings (SSSR count). The van der Waals surface area contributed by atoms with Gasteiger partial charge in [-0.3, -0.25) is 4.98 Å². The van der Waals surface area contributed by atoms with E-state index in [1.807, 2.05) is 6.92 Å². The van der Waals surface area contributed by atoms with Gasteiger partial charge in [-0.05, 0) is 19.4 Å². The molecule has 0 amide bonds. The smallest absolute Gasteiger partial charge is 0.0858 e. The summed E-state index contributed by atoms with van der Waals surface area (Å²) >= 11 is 6.53. The van der Waals surface area contributed by atoms with E-state index < -0.39 is 0 Å². The van der Waals surface area contributed by atoms with Crippen molar-refractivity contribution in [1.82, 2.24) is 10.3 Å². The fraction of sp³-hybridized carbons (Fsp3) is 0.400. The minimum absolute atomic E-state index is 0.792.